The van der Waals surface area contributed by atoms with Crippen molar-refractivity contribution in [3.05, 3.63) is 69.8 Å². The molecule has 0 radical (unpaired) electrons. The highest BCUT2D eigenvalue weighted by atomic mass is 19.1. The Hall–Kier alpha value is -2.21. The van der Waals surface area contributed by atoms with E-state index in [9.17, 15) is 8.78 Å². The summed E-state index contributed by atoms with van der Waals surface area (Å²) in [5, 5.41) is 8.92. The predicted molar refractivity (Wildman–Crippen MR) is 100 cm³/mol. The Bertz CT molecular complexity index is 802. The number of nitriles is 1. The lowest BCUT2D eigenvalue weighted by Crippen LogP contribution is -2.16. The molecule has 1 unspecified atom stereocenters. The molecule has 3 rings (SSSR count). The van der Waals surface area contributed by atoms with Crippen LogP contribution in [0.5, 0.6) is 0 Å². The third kappa shape index (κ3) is 3.96. The summed E-state index contributed by atoms with van der Waals surface area (Å²) < 4.78 is 28.2. The minimum absolute atomic E-state index is 0.281. The van der Waals surface area contributed by atoms with Crippen molar-refractivity contribution in [3.8, 4) is 6.07 Å². The Morgan fingerprint density at radius 2 is 1.88 bits per heavy atom. The van der Waals surface area contributed by atoms with Crippen LogP contribution in [0.25, 0.3) is 0 Å². The van der Waals surface area contributed by atoms with Gasteiger partial charge in [0.2, 0.25) is 0 Å². The van der Waals surface area contributed by atoms with Crippen LogP contribution in [0.3, 0.4) is 0 Å². The van der Waals surface area contributed by atoms with Crippen molar-refractivity contribution < 1.29 is 8.78 Å². The molecule has 3 heteroatoms. The second-order valence-electron chi connectivity index (χ2n) is 7.29. The molecule has 1 nitrogen and oxygen atoms in total. The first kappa shape index (κ1) is 18.6. The number of rotatable bonds is 6. The van der Waals surface area contributed by atoms with Crippen molar-refractivity contribution in [1.82, 2.24) is 0 Å². The fourth-order valence-corrected chi connectivity index (χ4v) is 3.95. The quantitative estimate of drug-likeness (QED) is 0.565. The average Bonchev–Trinajstić information content (AvgIpc) is 2.65. The van der Waals surface area contributed by atoms with Gasteiger partial charge in [-0.15, -0.1) is 0 Å². The van der Waals surface area contributed by atoms with Crippen LogP contribution >= 0.6 is 0 Å². The van der Waals surface area contributed by atoms with Crippen molar-refractivity contribution >= 4 is 0 Å². The van der Waals surface area contributed by atoms with Crippen LogP contribution in [0.1, 0.15) is 72.8 Å². The van der Waals surface area contributed by atoms with Gasteiger partial charge in [0.25, 0.3) is 0 Å². The van der Waals surface area contributed by atoms with Crippen LogP contribution < -0.4 is 0 Å². The molecule has 1 aliphatic rings. The van der Waals surface area contributed by atoms with Crippen LogP contribution in [-0.2, 0) is 19.3 Å². The Balaban J connectivity index is 1.70. The third-order valence-electron chi connectivity index (χ3n) is 5.50. The molecule has 0 heterocycles. The molecule has 26 heavy (non-hydrogen) atoms. The van der Waals surface area contributed by atoms with E-state index in [0.29, 0.717) is 24.0 Å². The van der Waals surface area contributed by atoms with Crippen LogP contribution in [0.15, 0.2) is 30.3 Å². The number of fused-ring (bicyclic) bond motifs is 1. The SMILES string of the molecule is CCCCCCc1ccc(C2CCc3c(cc(F)c(C#N)c3F)C2)cc1. The molecule has 0 N–H and O–H groups in total. The second kappa shape index (κ2) is 8.45. The largest absolute Gasteiger partial charge is 0.205 e. The normalized spacial score (nSPS) is 16.2. The van der Waals surface area contributed by atoms with Crippen molar-refractivity contribution in [2.45, 2.75) is 64.2 Å². The zero-order chi connectivity index (χ0) is 18.5. The van der Waals surface area contributed by atoms with E-state index in [1.807, 2.05) is 0 Å². The lowest BCUT2D eigenvalue weighted by atomic mass is 9.79. The zero-order valence-corrected chi connectivity index (χ0v) is 15.3. The molecule has 0 aromatic heterocycles. The molecule has 0 spiro atoms. The molecule has 0 saturated heterocycles. The zero-order valence-electron chi connectivity index (χ0n) is 15.3. The highest BCUT2D eigenvalue weighted by Crippen LogP contribution is 2.35. The molecule has 1 atom stereocenters. The first-order valence-electron chi connectivity index (χ1n) is 9.62. The molecule has 1 aliphatic carbocycles. The van der Waals surface area contributed by atoms with Gasteiger partial charge in [0.05, 0.1) is 0 Å². The number of halogens is 2. The summed E-state index contributed by atoms with van der Waals surface area (Å²) in [5.74, 6) is -1.13. The summed E-state index contributed by atoms with van der Waals surface area (Å²) in [6.45, 7) is 2.22. The van der Waals surface area contributed by atoms with Gasteiger partial charge in [0.1, 0.15) is 23.3 Å². The van der Waals surface area contributed by atoms with Crippen LogP contribution in [0.2, 0.25) is 0 Å². The van der Waals surface area contributed by atoms with E-state index >= 15 is 0 Å². The Kier molecular flexibility index (Phi) is 6.04. The smallest absolute Gasteiger partial charge is 0.147 e. The van der Waals surface area contributed by atoms with Gasteiger partial charge in [-0.2, -0.15) is 5.26 Å². The highest BCUT2D eigenvalue weighted by Gasteiger charge is 2.26. The van der Waals surface area contributed by atoms with E-state index in [1.54, 1.807) is 6.07 Å². The van der Waals surface area contributed by atoms with Gasteiger partial charge in [-0.1, -0.05) is 50.5 Å². The first-order valence-corrected chi connectivity index (χ1v) is 9.62. The van der Waals surface area contributed by atoms with Gasteiger partial charge in [-0.25, -0.2) is 8.78 Å². The van der Waals surface area contributed by atoms with E-state index in [-0.39, 0.29) is 5.92 Å². The Morgan fingerprint density at radius 1 is 1.12 bits per heavy atom. The molecule has 0 amide bonds. The minimum Gasteiger partial charge on any atom is -0.205 e. The van der Waals surface area contributed by atoms with Crippen molar-refractivity contribution in [3.63, 3.8) is 0 Å². The van der Waals surface area contributed by atoms with Crippen molar-refractivity contribution in [1.29, 1.82) is 5.26 Å². The van der Waals surface area contributed by atoms with Gasteiger partial charge in [-0.05, 0) is 66.3 Å². The fraction of sp³-hybridized carbons (Fsp3) is 0.435. The first-order chi connectivity index (χ1) is 12.6. The van der Waals surface area contributed by atoms with Gasteiger partial charge in [0, 0.05) is 0 Å². The summed E-state index contributed by atoms with van der Waals surface area (Å²) in [4.78, 5) is 0. The number of nitrogens with zero attached hydrogens (tertiary/aromatic N) is 1. The average molecular weight is 353 g/mol. The standard InChI is InChI=1S/C23H25F2N/c1-2-3-4-5-6-16-7-9-17(10-8-16)18-11-12-20-19(13-18)14-22(24)21(15-26)23(20)25/h7-10,14,18H,2-6,11-13H2,1H3. The van der Waals surface area contributed by atoms with E-state index < -0.39 is 17.2 Å². The van der Waals surface area contributed by atoms with Crippen LogP contribution in [0.4, 0.5) is 8.78 Å². The van der Waals surface area contributed by atoms with Gasteiger partial charge in [-0.3, -0.25) is 0 Å². The number of hydrogen-bond acceptors (Lipinski definition) is 1. The second-order valence-corrected chi connectivity index (χ2v) is 7.29. The summed E-state index contributed by atoms with van der Waals surface area (Å²) in [6, 6.07) is 11.7. The van der Waals surface area contributed by atoms with Crippen LogP contribution in [-0.4, -0.2) is 0 Å². The topological polar surface area (TPSA) is 23.8 Å². The summed E-state index contributed by atoms with van der Waals surface area (Å²) in [5.41, 5.74) is 3.37. The number of benzene rings is 2. The molecule has 2 aromatic carbocycles. The van der Waals surface area contributed by atoms with Gasteiger partial charge in [0.15, 0.2) is 0 Å². The van der Waals surface area contributed by atoms with Crippen molar-refractivity contribution in [2.24, 2.45) is 0 Å². The number of hydrogen-bond donors (Lipinski definition) is 0. The molecule has 136 valence electrons. The molecular weight excluding hydrogens is 328 g/mol. The summed E-state index contributed by atoms with van der Waals surface area (Å²) in [6.07, 6.45) is 8.17. The lowest BCUT2D eigenvalue weighted by Gasteiger charge is -2.26. The van der Waals surface area contributed by atoms with E-state index in [4.69, 9.17) is 5.26 Å². The maximum Gasteiger partial charge on any atom is 0.147 e. The molecule has 0 aliphatic heterocycles. The van der Waals surface area contributed by atoms with E-state index in [2.05, 4.69) is 31.2 Å². The highest BCUT2D eigenvalue weighted by molar-refractivity contribution is 5.44. The van der Waals surface area contributed by atoms with Crippen LogP contribution in [0, 0.1) is 23.0 Å². The number of aryl methyl sites for hydroxylation is 1. The predicted octanol–water partition coefficient (Wildman–Crippen LogP) is 6.23. The van der Waals surface area contributed by atoms with E-state index in [0.717, 1.165) is 12.8 Å². The molecule has 0 fully saturated rings. The molecule has 0 bridgehead atoms. The van der Waals surface area contributed by atoms with Gasteiger partial charge >= 0.3 is 0 Å². The number of unbranched alkanes of at least 4 members (excludes halogenated alkanes) is 3. The Morgan fingerprint density at radius 3 is 2.58 bits per heavy atom. The fourth-order valence-electron chi connectivity index (χ4n) is 3.95. The Labute approximate surface area is 154 Å². The minimum atomic E-state index is -0.744. The maximum atomic E-state index is 14.3. The third-order valence-corrected chi connectivity index (χ3v) is 5.50. The summed E-state index contributed by atoms with van der Waals surface area (Å²) in [7, 11) is 0. The van der Waals surface area contributed by atoms with Crippen molar-refractivity contribution in [2.75, 3.05) is 0 Å². The summed E-state index contributed by atoms with van der Waals surface area (Å²) >= 11 is 0. The maximum absolute atomic E-state index is 14.3. The van der Waals surface area contributed by atoms with Gasteiger partial charge < -0.3 is 0 Å². The molecular formula is C23H25F2N. The monoisotopic (exact) mass is 353 g/mol. The lowest BCUT2D eigenvalue weighted by molar-refractivity contribution is 0.519. The molecule has 2 aromatic rings. The molecule has 0 saturated carbocycles. The van der Waals surface area contributed by atoms with E-state index in [1.165, 1.54) is 42.9 Å².